The summed E-state index contributed by atoms with van der Waals surface area (Å²) in [5.41, 5.74) is 0.315. The molecule has 0 unspecified atom stereocenters. The fourth-order valence-corrected chi connectivity index (χ4v) is 6.49. The van der Waals surface area contributed by atoms with Gasteiger partial charge < -0.3 is 15.2 Å². The van der Waals surface area contributed by atoms with Crippen molar-refractivity contribution in [2.24, 2.45) is 5.92 Å². The summed E-state index contributed by atoms with van der Waals surface area (Å²) in [7, 11) is -3.27. The van der Waals surface area contributed by atoms with Gasteiger partial charge >= 0.3 is 0 Å². The Labute approximate surface area is 166 Å². The van der Waals surface area contributed by atoms with E-state index < -0.39 is 10.0 Å². The normalized spacial score (nSPS) is 27.6. The molecular weight excluding hydrogens is 380 g/mol. The SMILES string of the molecule is C[C@@H]1C[C@H](NC(=O)c2cc(C3CC3)on2)CCN1S(=O)(=O)CC1CCNCC1. The van der Waals surface area contributed by atoms with Crippen LogP contribution in [0.1, 0.15) is 67.6 Å². The molecule has 1 saturated carbocycles. The van der Waals surface area contributed by atoms with Crippen molar-refractivity contribution in [2.45, 2.75) is 63.5 Å². The van der Waals surface area contributed by atoms with E-state index in [4.69, 9.17) is 4.52 Å². The number of nitrogens with zero attached hydrogens (tertiary/aromatic N) is 2. The molecule has 4 rings (SSSR count). The molecule has 2 N–H and O–H groups in total. The third kappa shape index (κ3) is 4.58. The van der Waals surface area contributed by atoms with Crippen molar-refractivity contribution in [3.05, 3.63) is 17.5 Å². The Morgan fingerprint density at radius 3 is 2.71 bits per heavy atom. The zero-order chi connectivity index (χ0) is 19.7. The molecule has 0 radical (unpaired) electrons. The van der Waals surface area contributed by atoms with Crippen LogP contribution in [0.25, 0.3) is 0 Å². The van der Waals surface area contributed by atoms with E-state index >= 15 is 0 Å². The Kier molecular flexibility index (Phi) is 5.76. The van der Waals surface area contributed by atoms with Gasteiger partial charge in [0.15, 0.2) is 5.69 Å². The molecule has 0 spiro atoms. The van der Waals surface area contributed by atoms with Gasteiger partial charge in [0.1, 0.15) is 5.76 Å². The lowest BCUT2D eigenvalue weighted by Gasteiger charge is -2.37. The van der Waals surface area contributed by atoms with Crippen molar-refractivity contribution in [3.8, 4) is 0 Å². The van der Waals surface area contributed by atoms with Gasteiger partial charge in [-0.1, -0.05) is 5.16 Å². The summed E-state index contributed by atoms with van der Waals surface area (Å²) < 4.78 is 32.7. The maximum atomic E-state index is 12.9. The van der Waals surface area contributed by atoms with E-state index in [1.54, 1.807) is 10.4 Å². The Bertz CT molecular complexity index is 799. The molecule has 1 aromatic heterocycles. The molecule has 3 fully saturated rings. The standard InChI is InChI=1S/C19H30N4O4S/c1-13-10-16(21-19(24)17-11-18(27-22-17)15-2-3-15)6-9-23(13)28(25,26)12-14-4-7-20-8-5-14/h11,13-16,20H,2-10,12H2,1H3,(H,21,24)/t13-,16-/m1/s1. The Balaban J connectivity index is 1.30. The second kappa shape index (κ2) is 8.12. The summed E-state index contributed by atoms with van der Waals surface area (Å²) >= 11 is 0. The highest BCUT2D eigenvalue weighted by Gasteiger charge is 2.36. The highest BCUT2D eigenvalue weighted by atomic mass is 32.2. The van der Waals surface area contributed by atoms with Crippen molar-refractivity contribution in [1.29, 1.82) is 0 Å². The largest absolute Gasteiger partial charge is 0.360 e. The molecular formula is C19H30N4O4S. The molecule has 2 aliphatic heterocycles. The highest BCUT2D eigenvalue weighted by Crippen LogP contribution is 2.40. The van der Waals surface area contributed by atoms with Gasteiger partial charge in [-0.25, -0.2) is 8.42 Å². The van der Waals surface area contributed by atoms with Crippen LogP contribution in [0.15, 0.2) is 10.6 Å². The van der Waals surface area contributed by atoms with E-state index in [1.165, 1.54) is 0 Å². The molecule has 2 atom stereocenters. The summed E-state index contributed by atoms with van der Waals surface area (Å²) in [5.74, 6) is 1.45. The van der Waals surface area contributed by atoms with Gasteiger partial charge in [0.25, 0.3) is 5.91 Å². The number of sulfonamides is 1. The van der Waals surface area contributed by atoms with Gasteiger partial charge in [0, 0.05) is 30.6 Å². The number of piperidine rings is 2. The van der Waals surface area contributed by atoms with Gasteiger partial charge in [-0.15, -0.1) is 0 Å². The number of hydrogen-bond acceptors (Lipinski definition) is 6. The van der Waals surface area contributed by atoms with Crippen molar-refractivity contribution in [1.82, 2.24) is 20.1 Å². The second-order valence-corrected chi connectivity index (χ2v) is 10.5. The quantitative estimate of drug-likeness (QED) is 0.736. The molecule has 3 heterocycles. The summed E-state index contributed by atoms with van der Waals surface area (Å²) in [6, 6.07) is 1.56. The smallest absolute Gasteiger partial charge is 0.273 e. The van der Waals surface area contributed by atoms with Crippen molar-refractivity contribution in [2.75, 3.05) is 25.4 Å². The molecule has 28 heavy (non-hydrogen) atoms. The highest BCUT2D eigenvalue weighted by molar-refractivity contribution is 7.89. The fraction of sp³-hybridized carbons (Fsp3) is 0.789. The maximum Gasteiger partial charge on any atom is 0.273 e. The van der Waals surface area contributed by atoms with Gasteiger partial charge in [0.2, 0.25) is 10.0 Å². The summed E-state index contributed by atoms with van der Waals surface area (Å²) in [6.07, 6.45) is 5.26. The number of rotatable bonds is 6. The zero-order valence-corrected chi connectivity index (χ0v) is 17.2. The summed E-state index contributed by atoms with van der Waals surface area (Å²) in [5, 5.41) is 10.2. The minimum atomic E-state index is -3.27. The lowest BCUT2D eigenvalue weighted by molar-refractivity contribution is 0.0905. The zero-order valence-electron chi connectivity index (χ0n) is 16.4. The van der Waals surface area contributed by atoms with Gasteiger partial charge in [0.05, 0.1) is 5.75 Å². The number of carbonyl (C=O) groups is 1. The minimum Gasteiger partial charge on any atom is -0.360 e. The molecule has 2 saturated heterocycles. The van der Waals surface area contributed by atoms with E-state index in [-0.39, 0.29) is 29.7 Å². The number of hydrogen-bond donors (Lipinski definition) is 2. The predicted molar refractivity (Wildman–Crippen MR) is 105 cm³/mol. The van der Waals surface area contributed by atoms with Gasteiger partial charge in [-0.3, -0.25) is 4.79 Å². The lowest BCUT2D eigenvalue weighted by Crippen LogP contribution is -2.52. The molecule has 3 aliphatic rings. The number of amides is 1. The Morgan fingerprint density at radius 1 is 1.29 bits per heavy atom. The topological polar surface area (TPSA) is 105 Å². The third-order valence-electron chi connectivity index (χ3n) is 6.15. The van der Waals surface area contributed by atoms with E-state index in [0.717, 1.165) is 44.5 Å². The van der Waals surface area contributed by atoms with Gasteiger partial charge in [-0.05, 0) is 64.5 Å². The van der Waals surface area contributed by atoms with Crippen molar-refractivity contribution >= 4 is 15.9 Å². The average Bonchev–Trinajstić information content (AvgIpc) is 3.38. The molecule has 0 aromatic carbocycles. The molecule has 1 aromatic rings. The van der Waals surface area contributed by atoms with Crippen LogP contribution in [-0.2, 0) is 10.0 Å². The molecule has 156 valence electrons. The van der Waals surface area contributed by atoms with E-state index in [0.29, 0.717) is 31.0 Å². The first-order valence-corrected chi connectivity index (χ1v) is 12.0. The number of carbonyl (C=O) groups excluding carboxylic acids is 1. The van der Waals surface area contributed by atoms with Gasteiger partial charge in [-0.2, -0.15) is 4.31 Å². The summed E-state index contributed by atoms with van der Waals surface area (Å²) in [4.78, 5) is 12.4. The number of aromatic nitrogens is 1. The minimum absolute atomic E-state index is 0.0473. The van der Waals surface area contributed by atoms with Crippen LogP contribution >= 0.6 is 0 Å². The average molecular weight is 411 g/mol. The molecule has 1 amide bonds. The lowest BCUT2D eigenvalue weighted by atomic mass is 10.0. The van der Waals surface area contributed by atoms with E-state index in [2.05, 4.69) is 15.8 Å². The van der Waals surface area contributed by atoms with Crippen LogP contribution in [-0.4, -0.2) is 61.3 Å². The fourth-order valence-electron chi connectivity index (χ4n) is 4.35. The maximum absolute atomic E-state index is 12.9. The third-order valence-corrected chi connectivity index (χ3v) is 8.30. The Morgan fingerprint density at radius 2 is 2.04 bits per heavy atom. The molecule has 0 bridgehead atoms. The van der Waals surface area contributed by atoms with Crippen LogP contribution in [0.2, 0.25) is 0 Å². The predicted octanol–water partition coefficient (Wildman–Crippen LogP) is 1.46. The van der Waals surface area contributed by atoms with Crippen LogP contribution in [0, 0.1) is 5.92 Å². The van der Waals surface area contributed by atoms with Crippen molar-refractivity contribution < 1.29 is 17.7 Å². The van der Waals surface area contributed by atoms with Crippen LogP contribution < -0.4 is 10.6 Å². The number of nitrogens with one attached hydrogen (secondary N) is 2. The van der Waals surface area contributed by atoms with E-state index in [9.17, 15) is 13.2 Å². The van der Waals surface area contributed by atoms with Crippen LogP contribution in [0.5, 0.6) is 0 Å². The molecule has 8 nitrogen and oxygen atoms in total. The van der Waals surface area contributed by atoms with Crippen LogP contribution in [0.3, 0.4) is 0 Å². The van der Waals surface area contributed by atoms with E-state index in [1.807, 2.05) is 6.92 Å². The molecule has 9 heteroatoms. The monoisotopic (exact) mass is 410 g/mol. The Hall–Kier alpha value is -1.45. The second-order valence-electron chi connectivity index (χ2n) is 8.52. The summed E-state index contributed by atoms with van der Waals surface area (Å²) in [6.45, 7) is 4.17. The molecule has 1 aliphatic carbocycles. The first kappa shape index (κ1) is 19.8. The first-order chi connectivity index (χ1) is 13.4. The first-order valence-electron chi connectivity index (χ1n) is 10.4. The van der Waals surface area contributed by atoms with Crippen LogP contribution in [0.4, 0.5) is 0 Å². The van der Waals surface area contributed by atoms with Crippen molar-refractivity contribution in [3.63, 3.8) is 0 Å².